The van der Waals surface area contributed by atoms with Crippen LogP contribution in [0.1, 0.15) is 23.6 Å². The topological polar surface area (TPSA) is 43.3 Å². The van der Waals surface area contributed by atoms with Crippen molar-refractivity contribution in [2.45, 2.75) is 19.3 Å². The van der Waals surface area contributed by atoms with Crippen LogP contribution in [0.5, 0.6) is 0 Å². The predicted octanol–water partition coefficient (Wildman–Crippen LogP) is 3.21. The number of hydrogen-bond acceptors (Lipinski definition) is 3. The highest BCUT2D eigenvalue weighted by atomic mass is 79.9. The number of nitrogens with two attached hydrogens (primary N) is 1. The zero-order valence-corrected chi connectivity index (χ0v) is 12.0. The van der Waals surface area contributed by atoms with Gasteiger partial charge in [-0.3, -0.25) is 4.40 Å². The van der Waals surface area contributed by atoms with Crippen molar-refractivity contribution in [1.29, 1.82) is 0 Å². The molecule has 1 atom stereocenters. The van der Waals surface area contributed by atoms with Crippen molar-refractivity contribution in [3.05, 3.63) is 28.0 Å². The lowest BCUT2D eigenvalue weighted by atomic mass is 10.1. The lowest BCUT2D eigenvalue weighted by molar-refractivity contribution is 0.762. The quantitative estimate of drug-likeness (QED) is 0.879. The summed E-state index contributed by atoms with van der Waals surface area (Å²) < 4.78 is 3.04. The highest BCUT2D eigenvalue weighted by molar-refractivity contribution is 9.10. The van der Waals surface area contributed by atoms with E-state index in [2.05, 4.69) is 28.9 Å². The van der Waals surface area contributed by atoms with Crippen LogP contribution in [0.25, 0.3) is 5.65 Å². The molecule has 90 valence electrons. The number of halogens is 1. The Kier molecular flexibility index (Phi) is 2.83. The monoisotopic (exact) mass is 311 g/mol. The second-order valence-corrected chi connectivity index (χ2v) is 6.54. The average molecular weight is 312 g/mol. The van der Waals surface area contributed by atoms with Crippen LogP contribution >= 0.6 is 27.7 Å². The predicted molar refractivity (Wildman–Crippen MR) is 76.7 cm³/mol. The fourth-order valence-electron chi connectivity index (χ4n) is 2.35. The van der Waals surface area contributed by atoms with Gasteiger partial charge in [0.05, 0.1) is 5.69 Å². The summed E-state index contributed by atoms with van der Waals surface area (Å²) in [6.45, 7) is 2.07. The van der Waals surface area contributed by atoms with Crippen LogP contribution in [0.4, 0.5) is 5.82 Å². The third-order valence-corrected chi connectivity index (χ3v) is 4.85. The maximum absolute atomic E-state index is 6.23. The Morgan fingerprint density at radius 2 is 2.41 bits per heavy atom. The summed E-state index contributed by atoms with van der Waals surface area (Å²) >= 11 is 5.49. The van der Waals surface area contributed by atoms with Gasteiger partial charge in [0.1, 0.15) is 11.5 Å². The van der Waals surface area contributed by atoms with Crippen molar-refractivity contribution in [1.82, 2.24) is 9.38 Å². The summed E-state index contributed by atoms with van der Waals surface area (Å²) in [5.74, 6) is 3.70. The number of aromatic nitrogens is 2. The number of pyridine rings is 1. The summed E-state index contributed by atoms with van der Waals surface area (Å²) in [6.07, 6.45) is 3.19. The second-order valence-electron chi connectivity index (χ2n) is 4.48. The first kappa shape index (κ1) is 11.4. The molecule has 1 aliphatic rings. The van der Waals surface area contributed by atoms with Gasteiger partial charge >= 0.3 is 0 Å². The molecule has 0 aromatic carbocycles. The maximum atomic E-state index is 6.23. The number of thioether (sulfide) groups is 1. The zero-order chi connectivity index (χ0) is 12.0. The van der Waals surface area contributed by atoms with Gasteiger partial charge < -0.3 is 5.73 Å². The first-order valence-electron chi connectivity index (χ1n) is 5.68. The first-order chi connectivity index (χ1) is 8.16. The van der Waals surface area contributed by atoms with E-state index in [1.807, 2.05) is 22.4 Å². The Balaban J connectivity index is 2.20. The van der Waals surface area contributed by atoms with Crippen LogP contribution in [-0.4, -0.2) is 20.9 Å². The molecule has 2 aromatic rings. The van der Waals surface area contributed by atoms with Crippen LogP contribution in [0.2, 0.25) is 0 Å². The molecule has 3 heterocycles. The summed E-state index contributed by atoms with van der Waals surface area (Å²) in [4.78, 5) is 4.74. The molecule has 5 heteroatoms. The number of rotatable bonds is 1. The third kappa shape index (κ3) is 1.85. The van der Waals surface area contributed by atoms with E-state index < -0.39 is 0 Å². The van der Waals surface area contributed by atoms with Crippen LogP contribution in [-0.2, 0) is 0 Å². The minimum Gasteiger partial charge on any atom is -0.383 e. The number of fused-ring (bicyclic) bond motifs is 1. The number of imidazole rings is 1. The summed E-state index contributed by atoms with van der Waals surface area (Å²) in [6, 6.07) is 2.08. The Bertz CT molecular complexity index is 573. The molecule has 0 amide bonds. The van der Waals surface area contributed by atoms with Crippen LogP contribution in [0.15, 0.2) is 16.7 Å². The SMILES string of the molecule is Cc1cc(Br)cn2c(N)c(C3CCSC3)nc12. The Morgan fingerprint density at radius 3 is 3.12 bits per heavy atom. The molecule has 0 spiro atoms. The van der Waals surface area contributed by atoms with Gasteiger partial charge in [-0.1, -0.05) is 0 Å². The Labute approximate surface area is 113 Å². The largest absolute Gasteiger partial charge is 0.383 e. The van der Waals surface area contributed by atoms with Crippen molar-refractivity contribution in [3.8, 4) is 0 Å². The number of nitrogen functional groups attached to an aromatic ring is 1. The van der Waals surface area contributed by atoms with Crippen molar-refractivity contribution in [3.63, 3.8) is 0 Å². The molecule has 2 aromatic heterocycles. The molecule has 3 rings (SSSR count). The van der Waals surface area contributed by atoms with Crippen molar-refractivity contribution >= 4 is 39.2 Å². The lowest BCUT2D eigenvalue weighted by Crippen LogP contribution is -2.02. The maximum Gasteiger partial charge on any atom is 0.141 e. The van der Waals surface area contributed by atoms with E-state index in [1.165, 1.54) is 12.2 Å². The van der Waals surface area contributed by atoms with Crippen LogP contribution < -0.4 is 5.73 Å². The molecular formula is C12H14BrN3S. The summed E-state index contributed by atoms with van der Waals surface area (Å²) in [5.41, 5.74) is 9.45. The molecule has 1 unspecified atom stereocenters. The number of anilines is 1. The zero-order valence-electron chi connectivity index (χ0n) is 9.61. The number of aryl methyl sites for hydroxylation is 1. The van der Waals surface area contributed by atoms with E-state index in [0.29, 0.717) is 5.92 Å². The molecule has 0 saturated carbocycles. The van der Waals surface area contributed by atoms with Gasteiger partial charge in [0.25, 0.3) is 0 Å². The summed E-state index contributed by atoms with van der Waals surface area (Å²) in [7, 11) is 0. The van der Waals surface area contributed by atoms with Crippen molar-refractivity contribution < 1.29 is 0 Å². The minimum absolute atomic E-state index is 0.526. The summed E-state index contributed by atoms with van der Waals surface area (Å²) in [5, 5.41) is 0. The minimum atomic E-state index is 0.526. The van der Waals surface area contributed by atoms with Gasteiger partial charge in [-0.2, -0.15) is 11.8 Å². The average Bonchev–Trinajstić information content (AvgIpc) is 2.87. The molecule has 0 radical (unpaired) electrons. The van der Waals surface area contributed by atoms with E-state index in [1.54, 1.807) is 0 Å². The van der Waals surface area contributed by atoms with E-state index in [9.17, 15) is 0 Å². The number of nitrogens with zero attached hydrogens (tertiary/aromatic N) is 2. The molecule has 3 nitrogen and oxygen atoms in total. The van der Waals surface area contributed by atoms with Gasteiger partial charge in [0.2, 0.25) is 0 Å². The van der Waals surface area contributed by atoms with Crippen LogP contribution in [0, 0.1) is 6.92 Å². The van der Waals surface area contributed by atoms with Gasteiger partial charge in [-0.25, -0.2) is 4.98 Å². The van der Waals surface area contributed by atoms with E-state index >= 15 is 0 Å². The van der Waals surface area contributed by atoms with Gasteiger partial charge in [-0.15, -0.1) is 0 Å². The van der Waals surface area contributed by atoms with E-state index in [0.717, 1.165) is 32.9 Å². The van der Waals surface area contributed by atoms with Gasteiger partial charge in [0.15, 0.2) is 0 Å². The molecule has 1 fully saturated rings. The second kappa shape index (κ2) is 4.21. The molecule has 1 aliphatic heterocycles. The molecule has 0 aliphatic carbocycles. The Hall–Kier alpha value is -0.680. The van der Waals surface area contributed by atoms with Gasteiger partial charge in [-0.05, 0) is 46.7 Å². The van der Waals surface area contributed by atoms with Crippen LogP contribution in [0.3, 0.4) is 0 Å². The highest BCUT2D eigenvalue weighted by Gasteiger charge is 2.24. The molecule has 1 saturated heterocycles. The normalized spacial score (nSPS) is 20.2. The fraction of sp³-hybridized carbons (Fsp3) is 0.417. The standard InChI is InChI=1S/C12H14BrN3S/c1-7-4-9(13)5-16-11(14)10(15-12(7)16)8-2-3-17-6-8/h4-5,8H,2-3,6,14H2,1H3. The molecule has 17 heavy (non-hydrogen) atoms. The fourth-order valence-corrected chi connectivity index (χ4v) is 4.13. The van der Waals surface area contributed by atoms with Crippen molar-refractivity contribution in [2.75, 3.05) is 17.2 Å². The molecule has 2 N–H and O–H groups in total. The van der Waals surface area contributed by atoms with E-state index in [4.69, 9.17) is 10.7 Å². The van der Waals surface area contributed by atoms with E-state index in [-0.39, 0.29) is 0 Å². The molecular weight excluding hydrogens is 298 g/mol. The molecule has 0 bridgehead atoms. The van der Waals surface area contributed by atoms with Gasteiger partial charge in [0, 0.05) is 22.3 Å². The lowest BCUT2D eigenvalue weighted by Gasteiger charge is -2.05. The smallest absolute Gasteiger partial charge is 0.141 e. The van der Waals surface area contributed by atoms with Crippen molar-refractivity contribution in [2.24, 2.45) is 0 Å². The Morgan fingerprint density at radius 1 is 1.59 bits per heavy atom. The number of hydrogen-bond donors (Lipinski definition) is 1. The first-order valence-corrected chi connectivity index (χ1v) is 7.63. The highest BCUT2D eigenvalue weighted by Crippen LogP contribution is 2.35. The third-order valence-electron chi connectivity index (χ3n) is 3.25.